The van der Waals surface area contributed by atoms with Crippen LogP contribution in [0.4, 0.5) is 0 Å². The van der Waals surface area contributed by atoms with E-state index in [-0.39, 0.29) is 24.4 Å². The third-order valence-corrected chi connectivity index (χ3v) is 5.72. The maximum atomic E-state index is 13.6. The van der Waals surface area contributed by atoms with E-state index in [2.05, 4.69) is 31.9 Å². The third kappa shape index (κ3) is 3.58. The number of nitrogens with zero attached hydrogens (tertiary/aromatic N) is 6. The second-order valence-electron chi connectivity index (χ2n) is 7.79. The number of carbonyl (C=O) groups is 2. The number of benzene rings is 1. The van der Waals surface area contributed by atoms with Crippen LogP contribution in [-0.4, -0.2) is 54.8 Å². The number of pyridine rings is 2. The fourth-order valence-corrected chi connectivity index (χ4v) is 4.17. The number of hydrogen-bond donors (Lipinski definition) is 1. The molecule has 0 saturated carbocycles. The van der Waals surface area contributed by atoms with Crippen LogP contribution in [0.25, 0.3) is 5.65 Å². The first-order valence-electron chi connectivity index (χ1n) is 10.4. The van der Waals surface area contributed by atoms with E-state index in [9.17, 15) is 9.59 Å². The topological polar surface area (TPSA) is 105 Å². The van der Waals surface area contributed by atoms with Gasteiger partial charge in [0, 0.05) is 31.7 Å². The number of fused-ring (bicyclic) bond motifs is 2. The Bertz CT molecular complexity index is 1320. The van der Waals surface area contributed by atoms with E-state index in [0.29, 0.717) is 23.3 Å². The zero-order valence-electron chi connectivity index (χ0n) is 17.5. The van der Waals surface area contributed by atoms with Crippen LogP contribution in [0.5, 0.6) is 0 Å². The lowest BCUT2D eigenvalue weighted by atomic mass is 9.92. The Morgan fingerprint density at radius 3 is 2.91 bits per heavy atom. The summed E-state index contributed by atoms with van der Waals surface area (Å²) in [5.74, 6) is -0.392. The van der Waals surface area contributed by atoms with Crippen LogP contribution in [0.1, 0.15) is 43.4 Å². The molecule has 3 aromatic heterocycles. The molecule has 0 saturated heterocycles. The van der Waals surface area contributed by atoms with Crippen molar-refractivity contribution >= 4 is 17.5 Å². The molecule has 4 heterocycles. The number of tetrazole rings is 1. The molecule has 1 N–H and O–H groups in total. The van der Waals surface area contributed by atoms with Crippen LogP contribution in [0.15, 0.2) is 61.1 Å². The number of aromatic nitrogens is 5. The average molecular weight is 427 g/mol. The monoisotopic (exact) mass is 427 g/mol. The van der Waals surface area contributed by atoms with Crippen LogP contribution in [0.2, 0.25) is 0 Å². The first-order valence-corrected chi connectivity index (χ1v) is 10.4. The van der Waals surface area contributed by atoms with Gasteiger partial charge >= 0.3 is 0 Å². The zero-order valence-corrected chi connectivity index (χ0v) is 17.5. The molecule has 1 atom stereocenters. The summed E-state index contributed by atoms with van der Waals surface area (Å²) in [7, 11) is 0. The fourth-order valence-electron chi connectivity index (χ4n) is 4.17. The highest BCUT2D eigenvalue weighted by molar-refractivity contribution is 6.00. The average Bonchev–Trinajstić information content (AvgIpc) is 3.31. The van der Waals surface area contributed by atoms with Gasteiger partial charge in [-0.2, -0.15) is 4.52 Å². The van der Waals surface area contributed by atoms with E-state index < -0.39 is 0 Å². The fraction of sp³-hybridized carbons (Fsp3) is 0.217. The van der Waals surface area contributed by atoms with Gasteiger partial charge in [0.1, 0.15) is 0 Å². The maximum Gasteiger partial charge on any atom is 0.258 e. The molecule has 0 spiro atoms. The first-order chi connectivity index (χ1) is 15.6. The summed E-state index contributed by atoms with van der Waals surface area (Å²) in [5.41, 5.74) is 4.44. The van der Waals surface area contributed by atoms with Gasteiger partial charge in [0.25, 0.3) is 11.8 Å². The van der Waals surface area contributed by atoms with Gasteiger partial charge in [-0.3, -0.25) is 14.6 Å². The summed E-state index contributed by atoms with van der Waals surface area (Å²) < 4.78 is 1.48. The van der Waals surface area contributed by atoms with Gasteiger partial charge in [0.05, 0.1) is 17.2 Å². The smallest absolute Gasteiger partial charge is 0.258 e. The number of nitrogens with one attached hydrogen (secondary N) is 1. The first kappa shape index (κ1) is 19.8. The van der Waals surface area contributed by atoms with Crippen LogP contribution < -0.4 is 5.32 Å². The van der Waals surface area contributed by atoms with Crippen molar-refractivity contribution < 1.29 is 9.59 Å². The molecule has 5 rings (SSSR count). The van der Waals surface area contributed by atoms with Crippen molar-refractivity contribution in [2.24, 2.45) is 0 Å². The molecule has 32 heavy (non-hydrogen) atoms. The van der Waals surface area contributed by atoms with Crippen LogP contribution in [0.3, 0.4) is 0 Å². The Labute approximate surface area is 184 Å². The summed E-state index contributed by atoms with van der Waals surface area (Å²) >= 11 is 0. The number of amides is 2. The molecule has 1 unspecified atom stereocenters. The molecule has 1 aliphatic heterocycles. The lowest BCUT2D eigenvalue weighted by molar-refractivity contribution is 0.0650. The van der Waals surface area contributed by atoms with Gasteiger partial charge in [-0.1, -0.05) is 24.3 Å². The second-order valence-corrected chi connectivity index (χ2v) is 7.79. The number of hydrogen-bond acceptors (Lipinski definition) is 6. The SMILES string of the molecule is Cc1cncc(C(=O)NCC2c3ccccc3CCN2C(=O)c2cccn3nnnc23)c1. The largest absolute Gasteiger partial charge is 0.350 e. The van der Waals surface area contributed by atoms with Crippen molar-refractivity contribution in [3.63, 3.8) is 0 Å². The predicted molar refractivity (Wildman–Crippen MR) is 116 cm³/mol. The Morgan fingerprint density at radius 1 is 1.16 bits per heavy atom. The molecule has 4 aromatic rings. The highest BCUT2D eigenvalue weighted by Gasteiger charge is 2.32. The molecular weight excluding hydrogens is 406 g/mol. The zero-order chi connectivity index (χ0) is 22.1. The van der Waals surface area contributed by atoms with Gasteiger partial charge in [-0.15, -0.1) is 5.10 Å². The van der Waals surface area contributed by atoms with Crippen LogP contribution in [0, 0.1) is 6.92 Å². The van der Waals surface area contributed by atoms with Crippen molar-refractivity contribution in [1.29, 1.82) is 0 Å². The third-order valence-electron chi connectivity index (χ3n) is 5.72. The van der Waals surface area contributed by atoms with E-state index >= 15 is 0 Å². The number of rotatable bonds is 4. The lowest BCUT2D eigenvalue weighted by Gasteiger charge is -2.37. The van der Waals surface area contributed by atoms with Crippen molar-refractivity contribution in [3.8, 4) is 0 Å². The summed E-state index contributed by atoms with van der Waals surface area (Å²) in [6.45, 7) is 2.70. The minimum Gasteiger partial charge on any atom is -0.350 e. The Balaban J connectivity index is 1.46. The summed E-state index contributed by atoms with van der Waals surface area (Å²) in [5, 5.41) is 14.5. The quantitative estimate of drug-likeness (QED) is 0.534. The number of aryl methyl sites for hydroxylation is 1. The molecule has 0 bridgehead atoms. The summed E-state index contributed by atoms with van der Waals surface area (Å²) in [4.78, 5) is 32.2. The minimum absolute atomic E-state index is 0.170. The summed E-state index contributed by atoms with van der Waals surface area (Å²) in [6.07, 6.45) is 5.68. The van der Waals surface area contributed by atoms with Gasteiger partial charge < -0.3 is 10.2 Å². The second kappa shape index (κ2) is 8.18. The molecule has 1 aliphatic rings. The Hall–Kier alpha value is -4.14. The molecule has 160 valence electrons. The van der Waals surface area contributed by atoms with Crippen LogP contribution >= 0.6 is 0 Å². The van der Waals surface area contributed by atoms with Crippen molar-refractivity contribution in [2.45, 2.75) is 19.4 Å². The molecule has 9 heteroatoms. The standard InChI is InChI=1S/C23H21N7O2/c1-15-11-17(13-24-12-15)22(31)25-14-20-18-6-3-2-5-16(18)8-10-29(20)23(32)19-7-4-9-30-21(19)26-27-28-30/h2-7,9,11-13,20H,8,10,14H2,1H3,(H,25,31). The maximum absolute atomic E-state index is 13.6. The molecule has 9 nitrogen and oxygen atoms in total. The molecule has 1 aromatic carbocycles. The van der Waals surface area contributed by atoms with E-state index in [0.717, 1.165) is 17.5 Å². The molecule has 0 fully saturated rings. The van der Waals surface area contributed by atoms with Gasteiger partial charge in [-0.05, 0) is 58.7 Å². The van der Waals surface area contributed by atoms with Crippen molar-refractivity contribution in [3.05, 3.63) is 88.9 Å². The molecule has 2 amide bonds. The van der Waals surface area contributed by atoms with E-state index in [4.69, 9.17) is 0 Å². The van der Waals surface area contributed by atoms with E-state index in [1.807, 2.05) is 25.1 Å². The van der Waals surface area contributed by atoms with Crippen LogP contribution in [-0.2, 0) is 6.42 Å². The Kier molecular flexibility index (Phi) is 5.06. The van der Waals surface area contributed by atoms with Gasteiger partial charge in [0.15, 0.2) is 5.65 Å². The van der Waals surface area contributed by atoms with Gasteiger partial charge in [-0.25, -0.2) is 0 Å². The normalized spacial score (nSPS) is 15.4. The molecule has 0 aliphatic carbocycles. The van der Waals surface area contributed by atoms with E-state index in [1.165, 1.54) is 10.1 Å². The lowest BCUT2D eigenvalue weighted by Crippen LogP contribution is -2.45. The molecular formula is C23H21N7O2. The highest BCUT2D eigenvalue weighted by atomic mass is 16.2. The highest BCUT2D eigenvalue weighted by Crippen LogP contribution is 2.31. The predicted octanol–water partition coefficient (Wildman–Crippen LogP) is 2.00. The van der Waals surface area contributed by atoms with Gasteiger partial charge in [0.2, 0.25) is 0 Å². The number of carbonyl (C=O) groups excluding carboxylic acids is 2. The van der Waals surface area contributed by atoms with Crippen molar-refractivity contribution in [1.82, 2.24) is 35.2 Å². The minimum atomic E-state index is -0.315. The molecule has 0 radical (unpaired) electrons. The Morgan fingerprint density at radius 2 is 2.03 bits per heavy atom. The summed E-state index contributed by atoms with van der Waals surface area (Å²) in [6, 6.07) is 13.0. The van der Waals surface area contributed by atoms with E-state index in [1.54, 1.807) is 41.7 Å². The van der Waals surface area contributed by atoms with Crippen molar-refractivity contribution in [2.75, 3.05) is 13.1 Å².